The summed E-state index contributed by atoms with van der Waals surface area (Å²) in [5.74, 6) is -1.47. The van der Waals surface area contributed by atoms with Crippen LogP contribution in [0.1, 0.15) is 24.8 Å². The maximum Gasteiger partial charge on any atom is 0.247 e. The van der Waals surface area contributed by atoms with Gasteiger partial charge in [0.25, 0.3) is 0 Å². The van der Waals surface area contributed by atoms with Gasteiger partial charge in [-0.25, -0.2) is 4.98 Å². The molecule has 3 atom stereocenters. The van der Waals surface area contributed by atoms with E-state index < -0.39 is 6.04 Å². The first-order chi connectivity index (χ1) is 12.5. The number of likely N-dealkylation sites (tertiary alicyclic amines) is 1. The molecule has 1 aromatic carbocycles. The fourth-order valence-corrected chi connectivity index (χ4v) is 4.56. The Morgan fingerprint density at radius 3 is 2.54 bits per heavy atom. The lowest BCUT2D eigenvalue weighted by molar-refractivity contribution is -0.146. The summed E-state index contributed by atoms with van der Waals surface area (Å²) in [6.07, 6.45) is 5.02. The summed E-state index contributed by atoms with van der Waals surface area (Å²) in [6, 6.07) is 4.66. The first-order valence-corrected chi connectivity index (χ1v) is 9.47. The van der Waals surface area contributed by atoms with Crippen molar-refractivity contribution in [1.29, 1.82) is 0 Å². The van der Waals surface area contributed by atoms with Crippen LogP contribution in [0.3, 0.4) is 0 Å². The Morgan fingerprint density at radius 1 is 1.23 bits per heavy atom. The average Bonchev–Trinajstić information content (AvgIpc) is 3.11. The molecule has 1 N–H and O–H groups in total. The van der Waals surface area contributed by atoms with E-state index in [1.165, 1.54) is 0 Å². The predicted molar refractivity (Wildman–Crippen MR) is 99.7 cm³/mol. The maximum absolute atomic E-state index is 12.7. The van der Waals surface area contributed by atoms with E-state index in [4.69, 9.17) is 0 Å². The molecule has 1 aromatic heterocycles. The highest BCUT2D eigenvalue weighted by Crippen LogP contribution is 2.36. The molecule has 6 nitrogen and oxygen atoms in total. The molecule has 1 fully saturated rings. The van der Waals surface area contributed by atoms with E-state index in [1.807, 2.05) is 31.2 Å². The van der Waals surface area contributed by atoms with E-state index in [0.717, 1.165) is 20.1 Å². The molecule has 4 rings (SSSR count). The number of hydrogen-bond acceptors (Lipinski definition) is 5. The summed E-state index contributed by atoms with van der Waals surface area (Å²) in [7, 11) is 0. The summed E-state index contributed by atoms with van der Waals surface area (Å²) in [5.41, 5.74) is 1.52. The SMILES string of the molecule is Cc1nc2ccc(NC(=O)[C@H](C)N3C(=O)[C@H]4CC=CC[C@H]4C3=O)cc2s1. The number of thiazole rings is 1. The molecule has 134 valence electrons. The second kappa shape index (κ2) is 6.32. The van der Waals surface area contributed by atoms with Gasteiger partial charge in [0.05, 0.1) is 27.1 Å². The van der Waals surface area contributed by atoms with Crippen LogP contribution in [0.4, 0.5) is 5.69 Å². The minimum Gasteiger partial charge on any atom is -0.324 e. The van der Waals surface area contributed by atoms with Crippen LogP contribution in [0.5, 0.6) is 0 Å². The molecule has 1 aliphatic heterocycles. The van der Waals surface area contributed by atoms with Gasteiger partial charge in [0.2, 0.25) is 17.7 Å². The molecule has 1 aliphatic carbocycles. The van der Waals surface area contributed by atoms with Crippen molar-refractivity contribution in [3.63, 3.8) is 0 Å². The number of allylic oxidation sites excluding steroid dienone is 2. The highest BCUT2D eigenvalue weighted by molar-refractivity contribution is 7.18. The van der Waals surface area contributed by atoms with Gasteiger partial charge in [-0.1, -0.05) is 12.2 Å². The zero-order chi connectivity index (χ0) is 18.4. The number of benzene rings is 1. The minimum absolute atomic E-state index is 0.236. The zero-order valence-corrected chi connectivity index (χ0v) is 15.4. The summed E-state index contributed by atoms with van der Waals surface area (Å²) >= 11 is 1.55. The number of aromatic nitrogens is 1. The molecule has 26 heavy (non-hydrogen) atoms. The number of carbonyl (C=O) groups excluding carboxylic acids is 3. The maximum atomic E-state index is 12.7. The van der Waals surface area contributed by atoms with Gasteiger partial charge in [0.1, 0.15) is 6.04 Å². The highest BCUT2D eigenvalue weighted by atomic mass is 32.1. The fraction of sp³-hybridized carbons (Fsp3) is 0.368. The van der Waals surface area contributed by atoms with Crippen LogP contribution >= 0.6 is 11.3 Å². The van der Waals surface area contributed by atoms with Gasteiger partial charge in [0, 0.05) is 5.69 Å². The molecule has 0 radical (unpaired) electrons. The lowest BCUT2D eigenvalue weighted by Crippen LogP contribution is -2.46. The molecule has 2 aliphatic rings. The molecule has 0 saturated carbocycles. The van der Waals surface area contributed by atoms with Gasteiger partial charge < -0.3 is 5.32 Å². The summed E-state index contributed by atoms with van der Waals surface area (Å²) in [5, 5.41) is 3.78. The van der Waals surface area contributed by atoms with Gasteiger partial charge in [-0.2, -0.15) is 0 Å². The number of nitrogens with zero attached hydrogens (tertiary/aromatic N) is 2. The third kappa shape index (κ3) is 2.72. The third-order valence-electron chi connectivity index (χ3n) is 5.07. The van der Waals surface area contributed by atoms with Gasteiger partial charge in [-0.3, -0.25) is 19.3 Å². The molecule has 1 saturated heterocycles. The molecule has 2 aromatic rings. The van der Waals surface area contributed by atoms with Crippen molar-refractivity contribution in [3.05, 3.63) is 35.4 Å². The van der Waals surface area contributed by atoms with Crippen LogP contribution in [0.2, 0.25) is 0 Å². The van der Waals surface area contributed by atoms with E-state index in [-0.39, 0.29) is 29.6 Å². The molecular formula is C19H19N3O3S. The van der Waals surface area contributed by atoms with Crippen molar-refractivity contribution in [3.8, 4) is 0 Å². The number of amides is 3. The largest absolute Gasteiger partial charge is 0.324 e. The van der Waals surface area contributed by atoms with Crippen LogP contribution in [0.25, 0.3) is 10.2 Å². The van der Waals surface area contributed by atoms with Crippen molar-refractivity contribution < 1.29 is 14.4 Å². The number of aryl methyl sites for hydroxylation is 1. The quantitative estimate of drug-likeness (QED) is 0.666. The monoisotopic (exact) mass is 369 g/mol. The number of carbonyl (C=O) groups is 3. The molecule has 3 amide bonds. The van der Waals surface area contributed by atoms with Crippen LogP contribution in [0, 0.1) is 18.8 Å². The van der Waals surface area contributed by atoms with Gasteiger partial charge >= 0.3 is 0 Å². The van der Waals surface area contributed by atoms with Crippen LogP contribution < -0.4 is 5.32 Å². The number of imide groups is 1. The summed E-state index contributed by atoms with van der Waals surface area (Å²) in [6.45, 7) is 3.54. The van der Waals surface area contributed by atoms with Gasteiger partial charge in [-0.05, 0) is 44.9 Å². The van der Waals surface area contributed by atoms with Crippen molar-refractivity contribution >= 4 is 45.0 Å². The molecule has 0 unspecified atom stereocenters. The lowest BCUT2D eigenvalue weighted by Gasteiger charge is -2.22. The topological polar surface area (TPSA) is 79.4 Å². The molecular weight excluding hydrogens is 350 g/mol. The Morgan fingerprint density at radius 2 is 1.88 bits per heavy atom. The predicted octanol–water partition coefficient (Wildman–Crippen LogP) is 2.88. The van der Waals surface area contributed by atoms with Crippen molar-refractivity contribution in [2.24, 2.45) is 11.8 Å². The number of hydrogen-bond donors (Lipinski definition) is 1. The summed E-state index contributed by atoms with van der Waals surface area (Å²) in [4.78, 5) is 43.4. The Balaban J connectivity index is 1.52. The van der Waals surface area contributed by atoms with E-state index in [2.05, 4.69) is 10.3 Å². The Kier molecular flexibility index (Phi) is 4.11. The lowest BCUT2D eigenvalue weighted by atomic mass is 9.85. The van der Waals surface area contributed by atoms with E-state index in [1.54, 1.807) is 24.3 Å². The third-order valence-corrected chi connectivity index (χ3v) is 6.00. The second-order valence-electron chi connectivity index (χ2n) is 6.78. The Bertz CT molecular complexity index is 923. The van der Waals surface area contributed by atoms with Gasteiger partial charge in [0.15, 0.2) is 0 Å². The van der Waals surface area contributed by atoms with Crippen molar-refractivity contribution in [2.45, 2.75) is 32.7 Å². The van der Waals surface area contributed by atoms with E-state index in [9.17, 15) is 14.4 Å². The van der Waals surface area contributed by atoms with Crippen molar-refractivity contribution in [2.75, 3.05) is 5.32 Å². The van der Waals surface area contributed by atoms with Crippen LogP contribution in [-0.4, -0.2) is 33.6 Å². The smallest absolute Gasteiger partial charge is 0.247 e. The standard InChI is InChI=1S/C19H19N3O3S/c1-10(22-18(24)13-5-3-4-6-14(13)19(22)25)17(23)21-12-7-8-15-16(9-12)26-11(2)20-15/h3-4,7-10,13-14H,5-6H2,1-2H3,(H,21,23)/t10-,13-,14+/m0/s1. The Labute approximate surface area is 154 Å². The summed E-state index contributed by atoms with van der Waals surface area (Å²) < 4.78 is 0.985. The van der Waals surface area contributed by atoms with Crippen LogP contribution in [0.15, 0.2) is 30.4 Å². The van der Waals surface area contributed by atoms with Crippen molar-refractivity contribution in [1.82, 2.24) is 9.88 Å². The van der Waals surface area contributed by atoms with Crippen LogP contribution in [-0.2, 0) is 14.4 Å². The second-order valence-corrected chi connectivity index (χ2v) is 8.02. The van der Waals surface area contributed by atoms with E-state index in [0.29, 0.717) is 18.5 Å². The number of fused-ring (bicyclic) bond motifs is 2. The average molecular weight is 369 g/mol. The number of rotatable bonds is 3. The number of anilines is 1. The zero-order valence-electron chi connectivity index (χ0n) is 14.6. The van der Waals surface area contributed by atoms with Gasteiger partial charge in [-0.15, -0.1) is 11.3 Å². The minimum atomic E-state index is -0.834. The highest BCUT2D eigenvalue weighted by Gasteiger charge is 2.50. The molecule has 0 bridgehead atoms. The normalized spacial score (nSPS) is 23.4. The molecule has 2 heterocycles. The Hall–Kier alpha value is -2.54. The van der Waals surface area contributed by atoms with E-state index >= 15 is 0 Å². The first-order valence-electron chi connectivity index (χ1n) is 8.65. The number of nitrogens with one attached hydrogen (secondary N) is 1. The molecule has 7 heteroatoms. The molecule has 0 spiro atoms. The fourth-order valence-electron chi connectivity index (χ4n) is 3.69. The first kappa shape index (κ1) is 16.9.